The quantitative estimate of drug-likeness (QED) is 0.542. The largest absolute Gasteiger partial charge is 0.495 e. The highest BCUT2D eigenvalue weighted by atomic mass is 35.5. The van der Waals surface area contributed by atoms with Crippen LogP contribution in [-0.4, -0.2) is 50.8 Å². The summed E-state index contributed by atoms with van der Waals surface area (Å²) in [4.78, 5) is 15.1. The summed E-state index contributed by atoms with van der Waals surface area (Å²) in [6.45, 7) is 3.17. The van der Waals surface area contributed by atoms with Crippen LogP contribution in [0.4, 0.5) is 0 Å². The van der Waals surface area contributed by atoms with Gasteiger partial charge in [0.15, 0.2) is 14.6 Å². The molecule has 0 amide bonds. The summed E-state index contributed by atoms with van der Waals surface area (Å²) >= 11 is 12.1. The van der Waals surface area contributed by atoms with Crippen LogP contribution in [0.15, 0.2) is 47.4 Å². The SMILES string of the molecule is CCOC(=O)C1(S(=O)(=O)c2ccccc2OC)CCN(Cc2ccc(Cl)c(Cl)c2)CC1. The highest BCUT2D eigenvalue weighted by molar-refractivity contribution is 7.93. The highest BCUT2D eigenvalue weighted by Gasteiger charge is 2.54. The lowest BCUT2D eigenvalue weighted by molar-refractivity contribution is -0.147. The Morgan fingerprint density at radius 2 is 1.77 bits per heavy atom. The lowest BCUT2D eigenvalue weighted by atomic mass is 9.95. The van der Waals surface area contributed by atoms with Gasteiger partial charge in [-0.25, -0.2) is 8.42 Å². The van der Waals surface area contributed by atoms with Gasteiger partial charge in [0.2, 0.25) is 0 Å². The molecule has 0 saturated carbocycles. The van der Waals surface area contributed by atoms with Gasteiger partial charge in [-0.15, -0.1) is 0 Å². The zero-order valence-electron chi connectivity index (χ0n) is 17.4. The molecule has 1 saturated heterocycles. The predicted molar refractivity (Wildman–Crippen MR) is 121 cm³/mol. The van der Waals surface area contributed by atoms with Gasteiger partial charge in [-0.2, -0.15) is 0 Å². The molecule has 6 nitrogen and oxygen atoms in total. The van der Waals surface area contributed by atoms with Crippen LogP contribution in [0, 0.1) is 0 Å². The van der Waals surface area contributed by atoms with E-state index in [9.17, 15) is 13.2 Å². The van der Waals surface area contributed by atoms with E-state index in [-0.39, 0.29) is 30.1 Å². The normalized spacial score (nSPS) is 16.6. The molecule has 0 aromatic heterocycles. The number of esters is 1. The molecular weight excluding hydrogens is 461 g/mol. The molecule has 0 unspecified atom stereocenters. The van der Waals surface area contributed by atoms with Crippen molar-refractivity contribution in [2.24, 2.45) is 0 Å². The third-order valence-electron chi connectivity index (χ3n) is 5.57. The number of sulfone groups is 1. The number of hydrogen-bond donors (Lipinski definition) is 0. The Morgan fingerprint density at radius 3 is 2.39 bits per heavy atom. The first-order valence-electron chi connectivity index (χ1n) is 9.96. The van der Waals surface area contributed by atoms with E-state index < -0.39 is 20.6 Å². The Labute approximate surface area is 193 Å². The van der Waals surface area contributed by atoms with E-state index in [0.29, 0.717) is 29.7 Å². The van der Waals surface area contributed by atoms with Gasteiger partial charge in [0.1, 0.15) is 10.6 Å². The van der Waals surface area contributed by atoms with E-state index in [1.165, 1.54) is 13.2 Å². The molecule has 2 aromatic rings. The molecule has 9 heteroatoms. The second-order valence-corrected chi connectivity index (χ2v) is 10.4. The first kappa shape index (κ1) is 23.9. The van der Waals surface area contributed by atoms with Gasteiger partial charge in [0.05, 0.1) is 23.8 Å². The second kappa shape index (κ2) is 9.77. The predicted octanol–water partition coefficient (Wildman–Crippen LogP) is 4.37. The molecule has 0 radical (unpaired) electrons. The minimum absolute atomic E-state index is 0.00323. The minimum atomic E-state index is -4.06. The lowest BCUT2D eigenvalue weighted by Gasteiger charge is -2.39. The topological polar surface area (TPSA) is 72.9 Å². The van der Waals surface area contributed by atoms with Crippen LogP contribution < -0.4 is 4.74 Å². The number of likely N-dealkylation sites (tertiary alicyclic amines) is 1. The first-order chi connectivity index (χ1) is 14.7. The van der Waals surface area contributed by atoms with Crippen molar-refractivity contribution in [3.63, 3.8) is 0 Å². The van der Waals surface area contributed by atoms with E-state index in [1.807, 2.05) is 6.07 Å². The van der Waals surface area contributed by atoms with Gasteiger partial charge in [-0.05, 0) is 49.6 Å². The van der Waals surface area contributed by atoms with Gasteiger partial charge in [-0.1, -0.05) is 41.4 Å². The summed E-state index contributed by atoms with van der Waals surface area (Å²) in [5, 5.41) is 0.948. The monoisotopic (exact) mass is 485 g/mol. The first-order valence-corrected chi connectivity index (χ1v) is 12.2. The number of piperidine rings is 1. The summed E-state index contributed by atoms with van der Waals surface area (Å²) in [6, 6.07) is 11.8. The third-order valence-corrected chi connectivity index (χ3v) is 8.83. The van der Waals surface area contributed by atoms with Gasteiger partial charge in [-0.3, -0.25) is 9.69 Å². The van der Waals surface area contributed by atoms with E-state index in [2.05, 4.69) is 4.90 Å². The number of methoxy groups -OCH3 is 1. The molecule has 0 N–H and O–H groups in total. The number of benzene rings is 2. The fourth-order valence-corrected chi connectivity index (χ4v) is 6.28. The minimum Gasteiger partial charge on any atom is -0.495 e. The van der Waals surface area contributed by atoms with Crippen molar-refractivity contribution in [2.75, 3.05) is 26.8 Å². The Balaban J connectivity index is 1.89. The molecule has 1 aliphatic rings. The third kappa shape index (κ3) is 4.70. The maximum atomic E-state index is 13.7. The molecule has 0 aliphatic carbocycles. The standard InChI is InChI=1S/C22H25Cl2NO5S/c1-3-30-21(26)22(31(27,28)20-7-5-4-6-19(20)29-2)10-12-25(13-11-22)15-16-8-9-17(23)18(24)14-16/h4-9,14H,3,10-13,15H2,1-2H3. The van der Waals surface area contributed by atoms with Crippen molar-refractivity contribution in [1.29, 1.82) is 0 Å². The Kier molecular flexibility index (Phi) is 7.52. The van der Waals surface area contributed by atoms with Gasteiger partial charge < -0.3 is 9.47 Å². The molecule has 31 heavy (non-hydrogen) atoms. The molecule has 0 spiro atoms. The van der Waals surface area contributed by atoms with E-state index >= 15 is 0 Å². The maximum absolute atomic E-state index is 13.7. The summed E-state index contributed by atoms with van der Waals surface area (Å²) in [6.07, 6.45) is 0.237. The summed E-state index contributed by atoms with van der Waals surface area (Å²) in [5.74, 6) is -0.500. The Bertz CT molecular complexity index is 1050. The van der Waals surface area contributed by atoms with E-state index in [0.717, 1.165) is 5.56 Å². The van der Waals surface area contributed by atoms with Crippen molar-refractivity contribution in [1.82, 2.24) is 4.90 Å². The van der Waals surface area contributed by atoms with Crippen molar-refractivity contribution < 1.29 is 22.7 Å². The van der Waals surface area contributed by atoms with Crippen molar-refractivity contribution >= 4 is 39.0 Å². The fraction of sp³-hybridized carbons (Fsp3) is 0.409. The average Bonchev–Trinajstić information content (AvgIpc) is 2.77. The number of rotatable bonds is 7. The van der Waals surface area contributed by atoms with Crippen LogP contribution in [-0.2, 0) is 25.9 Å². The van der Waals surface area contributed by atoms with Crippen LogP contribution in [0.3, 0.4) is 0 Å². The molecule has 3 rings (SSSR count). The lowest BCUT2D eigenvalue weighted by Crippen LogP contribution is -2.54. The molecule has 0 atom stereocenters. The van der Waals surface area contributed by atoms with Crippen LogP contribution in [0.25, 0.3) is 0 Å². The molecule has 2 aromatic carbocycles. The number of para-hydroxylation sites is 1. The van der Waals surface area contributed by atoms with Crippen LogP contribution in [0.2, 0.25) is 10.0 Å². The second-order valence-electron chi connectivity index (χ2n) is 7.39. The molecule has 168 valence electrons. The number of carbonyl (C=O) groups is 1. The van der Waals surface area contributed by atoms with Gasteiger partial charge >= 0.3 is 5.97 Å². The number of hydrogen-bond acceptors (Lipinski definition) is 6. The number of halogens is 2. The Morgan fingerprint density at radius 1 is 1.10 bits per heavy atom. The molecule has 1 fully saturated rings. The maximum Gasteiger partial charge on any atom is 0.327 e. The zero-order chi connectivity index (χ0) is 22.6. The van der Waals surface area contributed by atoms with Crippen LogP contribution >= 0.6 is 23.2 Å². The zero-order valence-corrected chi connectivity index (χ0v) is 19.8. The molecule has 0 bridgehead atoms. The summed E-state index contributed by atoms with van der Waals surface area (Å²) in [7, 11) is -2.65. The fourth-order valence-electron chi connectivity index (χ4n) is 3.87. The number of carbonyl (C=O) groups excluding carboxylic acids is 1. The van der Waals surface area contributed by atoms with Crippen LogP contribution in [0.1, 0.15) is 25.3 Å². The average molecular weight is 486 g/mol. The highest BCUT2D eigenvalue weighted by Crippen LogP contribution is 2.40. The Hall–Kier alpha value is -1.80. The van der Waals surface area contributed by atoms with Crippen molar-refractivity contribution in [2.45, 2.75) is 36.0 Å². The number of ether oxygens (including phenoxy) is 2. The van der Waals surface area contributed by atoms with Crippen LogP contribution in [0.5, 0.6) is 5.75 Å². The van der Waals surface area contributed by atoms with Crippen molar-refractivity contribution in [3.05, 3.63) is 58.1 Å². The number of nitrogens with zero attached hydrogens (tertiary/aromatic N) is 1. The van der Waals surface area contributed by atoms with Gasteiger partial charge in [0, 0.05) is 19.6 Å². The van der Waals surface area contributed by atoms with E-state index in [1.54, 1.807) is 37.3 Å². The summed E-state index contributed by atoms with van der Waals surface area (Å²) in [5.41, 5.74) is 0.964. The smallest absolute Gasteiger partial charge is 0.327 e. The molecular formula is C22H25Cl2NO5S. The molecule has 1 aliphatic heterocycles. The van der Waals surface area contributed by atoms with Gasteiger partial charge in [0.25, 0.3) is 0 Å². The van der Waals surface area contributed by atoms with E-state index in [4.69, 9.17) is 32.7 Å². The van der Waals surface area contributed by atoms with Crippen molar-refractivity contribution in [3.8, 4) is 5.75 Å². The molecule has 1 heterocycles. The summed E-state index contributed by atoms with van der Waals surface area (Å²) < 4.78 is 36.3.